The zero-order valence-electron chi connectivity index (χ0n) is 14.3. The summed E-state index contributed by atoms with van der Waals surface area (Å²) >= 11 is 0. The van der Waals surface area contributed by atoms with Gasteiger partial charge in [0.05, 0.1) is 0 Å². The summed E-state index contributed by atoms with van der Waals surface area (Å²) in [7, 11) is 0. The molecule has 0 aromatic rings. The predicted octanol–water partition coefficient (Wildman–Crippen LogP) is 2.74. The molecule has 0 unspecified atom stereocenters. The Bertz CT molecular complexity index is 415. The Morgan fingerprint density at radius 1 is 0.957 bits per heavy atom. The number of likely N-dealkylation sites (tertiary alicyclic amines) is 2. The number of carbonyl (C=O) groups is 3. The van der Waals surface area contributed by atoms with Gasteiger partial charge in [-0.2, -0.15) is 0 Å². The highest BCUT2D eigenvalue weighted by Gasteiger charge is 2.25. The van der Waals surface area contributed by atoms with Crippen molar-refractivity contribution < 1.29 is 24.2 Å². The lowest BCUT2D eigenvalue weighted by molar-refractivity contribution is -0.121. The number of nitrogens with zero attached hydrogens (tertiary/aromatic N) is 2. The number of ether oxygens (including phenoxy) is 1. The number of carboxylic acid groups (broad SMARTS) is 1. The number of ketones is 1. The molecule has 2 aliphatic heterocycles. The monoisotopic (exact) mass is 328 g/mol. The molecule has 2 rings (SSSR count). The van der Waals surface area contributed by atoms with Crippen LogP contribution < -0.4 is 0 Å². The Hall–Kier alpha value is -1.79. The molecule has 2 fully saturated rings. The molecule has 2 saturated heterocycles. The van der Waals surface area contributed by atoms with Crippen LogP contribution in [0.1, 0.15) is 52.9 Å². The van der Waals surface area contributed by atoms with Crippen LogP contribution in [-0.2, 0) is 9.53 Å². The van der Waals surface area contributed by atoms with Crippen molar-refractivity contribution in [3.05, 3.63) is 0 Å². The SMILES string of the molecule is CC(C)(C)OC(=O)N1CCC(=O)CC1.O=C(O)N1CCCCC1. The summed E-state index contributed by atoms with van der Waals surface area (Å²) < 4.78 is 5.19. The standard InChI is InChI=1S/C10H17NO3.C6H11NO2/c1-10(2,3)14-9(13)11-6-4-8(12)5-7-11;8-6(9)7-4-2-1-3-5-7/h4-7H2,1-3H3;1-5H2,(H,8,9). The van der Waals surface area contributed by atoms with E-state index >= 15 is 0 Å². The van der Waals surface area contributed by atoms with Crippen LogP contribution in [0.15, 0.2) is 0 Å². The molecule has 7 heteroatoms. The average Bonchev–Trinajstić information content (AvgIpc) is 2.47. The summed E-state index contributed by atoms with van der Waals surface area (Å²) in [6.45, 7) is 7.95. The maximum absolute atomic E-state index is 11.5. The van der Waals surface area contributed by atoms with Crippen molar-refractivity contribution >= 4 is 18.0 Å². The molecule has 132 valence electrons. The van der Waals surface area contributed by atoms with Gasteiger partial charge in [-0.3, -0.25) is 4.79 Å². The van der Waals surface area contributed by atoms with E-state index in [2.05, 4.69) is 0 Å². The fourth-order valence-electron chi connectivity index (χ4n) is 2.35. The van der Waals surface area contributed by atoms with Crippen LogP contribution >= 0.6 is 0 Å². The summed E-state index contributed by atoms with van der Waals surface area (Å²) in [5, 5.41) is 8.46. The number of hydrogen-bond acceptors (Lipinski definition) is 4. The predicted molar refractivity (Wildman–Crippen MR) is 85.5 cm³/mol. The van der Waals surface area contributed by atoms with Crippen molar-refractivity contribution in [2.24, 2.45) is 0 Å². The van der Waals surface area contributed by atoms with Crippen molar-refractivity contribution in [1.29, 1.82) is 0 Å². The van der Waals surface area contributed by atoms with Gasteiger partial charge < -0.3 is 19.6 Å². The number of Topliss-reactive ketones (excluding diaryl/α,β-unsaturated/α-hetero) is 1. The topological polar surface area (TPSA) is 87.1 Å². The molecule has 7 nitrogen and oxygen atoms in total. The van der Waals surface area contributed by atoms with E-state index < -0.39 is 11.7 Å². The molecule has 0 aliphatic carbocycles. The zero-order valence-corrected chi connectivity index (χ0v) is 14.3. The summed E-state index contributed by atoms with van der Waals surface area (Å²) in [5.41, 5.74) is -0.460. The molecule has 0 saturated carbocycles. The van der Waals surface area contributed by atoms with Gasteiger partial charge in [0, 0.05) is 39.0 Å². The lowest BCUT2D eigenvalue weighted by Gasteiger charge is -2.29. The van der Waals surface area contributed by atoms with Crippen LogP contribution in [-0.4, -0.2) is 64.7 Å². The van der Waals surface area contributed by atoms with Crippen LogP contribution in [0.25, 0.3) is 0 Å². The van der Waals surface area contributed by atoms with Gasteiger partial charge in [0.15, 0.2) is 0 Å². The molecule has 2 heterocycles. The lowest BCUT2D eigenvalue weighted by atomic mass is 10.1. The van der Waals surface area contributed by atoms with Gasteiger partial charge in [0.1, 0.15) is 11.4 Å². The molecule has 2 aliphatic rings. The molecule has 1 N–H and O–H groups in total. The van der Waals surface area contributed by atoms with Crippen molar-refractivity contribution in [3.8, 4) is 0 Å². The molecule has 0 radical (unpaired) electrons. The number of amides is 2. The van der Waals surface area contributed by atoms with E-state index in [4.69, 9.17) is 9.84 Å². The van der Waals surface area contributed by atoms with E-state index in [9.17, 15) is 14.4 Å². The fraction of sp³-hybridized carbons (Fsp3) is 0.812. The number of carbonyl (C=O) groups excluding carboxylic acids is 2. The number of hydrogen-bond donors (Lipinski definition) is 1. The first-order valence-electron chi connectivity index (χ1n) is 8.16. The van der Waals surface area contributed by atoms with Gasteiger partial charge in [-0.25, -0.2) is 9.59 Å². The first-order valence-corrected chi connectivity index (χ1v) is 8.16. The van der Waals surface area contributed by atoms with Gasteiger partial charge >= 0.3 is 12.2 Å². The van der Waals surface area contributed by atoms with Crippen molar-refractivity contribution in [3.63, 3.8) is 0 Å². The second-order valence-electron chi connectivity index (χ2n) is 6.84. The van der Waals surface area contributed by atoms with Crippen LogP contribution in [0.4, 0.5) is 9.59 Å². The summed E-state index contributed by atoms with van der Waals surface area (Å²) in [6, 6.07) is 0. The molecule has 0 aromatic heterocycles. The molecular formula is C16H28N2O5. The minimum Gasteiger partial charge on any atom is -0.465 e. The van der Waals surface area contributed by atoms with Gasteiger partial charge in [-0.15, -0.1) is 0 Å². The van der Waals surface area contributed by atoms with Gasteiger partial charge in [-0.05, 0) is 40.0 Å². The minimum absolute atomic E-state index is 0.227. The van der Waals surface area contributed by atoms with Gasteiger partial charge in [0.25, 0.3) is 0 Å². The fourth-order valence-corrected chi connectivity index (χ4v) is 2.35. The van der Waals surface area contributed by atoms with E-state index in [1.165, 1.54) is 11.3 Å². The summed E-state index contributed by atoms with van der Waals surface area (Å²) in [4.78, 5) is 35.8. The number of rotatable bonds is 0. The summed E-state index contributed by atoms with van der Waals surface area (Å²) in [6.07, 6.45) is 3.08. The van der Waals surface area contributed by atoms with E-state index in [0.29, 0.717) is 25.9 Å². The third-order valence-corrected chi connectivity index (χ3v) is 3.60. The second-order valence-corrected chi connectivity index (χ2v) is 6.84. The molecule has 0 atom stereocenters. The first kappa shape index (κ1) is 19.3. The summed E-state index contributed by atoms with van der Waals surface area (Å²) in [5.74, 6) is 0.227. The van der Waals surface area contributed by atoms with Crippen molar-refractivity contribution in [2.75, 3.05) is 26.2 Å². The normalized spacial score (nSPS) is 18.8. The maximum Gasteiger partial charge on any atom is 0.410 e. The third kappa shape index (κ3) is 7.85. The van der Waals surface area contributed by atoms with Crippen molar-refractivity contribution in [1.82, 2.24) is 9.80 Å². The quantitative estimate of drug-likeness (QED) is 0.739. The Kier molecular flexibility index (Phi) is 7.32. The average molecular weight is 328 g/mol. The van der Waals surface area contributed by atoms with Crippen molar-refractivity contribution in [2.45, 2.75) is 58.5 Å². The molecule has 23 heavy (non-hydrogen) atoms. The highest BCUT2D eigenvalue weighted by molar-refractivity contribution is 5.81. The Labute approximate surface area is 137 Å². The van der Waals surface area contributed by atoms with E-state index in [1.54, 1.807) is 4.90 Å². The zero-order chi connectivity index (χ0) is 17.5. The Morgan fingerprint density at radius 3 is 1.87 bits per heavy atom. The van der Waals surface area contributed by atoms with Crippen LogP contribution in [0.5, 0.6) is 0 Å². The van der Waals surface area contributed by atoms with Gasteiger partial charge in [0.2, 0.25) is 0 Å². The van der Waals surface area contributed by atoms with Crippen LogP contribution in [0, 0.1) is 0 Å². The van der Waals surface area contributed by atoms with Crippen LogP contribution in [0.3, 0.4) is 0 Å². The first-order chi connectivity index (χ1) is 10.7. The molecule has 2 amide bonds. The molecule has 0 bridgehead atoms. The largest absolute Gasteiger partial charge is 0.465 e. The highest BCUT2D eigenvalue weighted by atomic mass is 16.6. The van der Waals surface area contributed by atoms with E-state index in [0.717, 1.165) is 25.9 Å². The highest BCUT2D eigenvalue weighted by Crippen LogP contribution is 2.13. The number of piperidine rings is 2. The molecule has 0 aromatic carbocycles. The Balaban J connectivity index is 0.000000253. The van der Waals surface area contributed by atoms with E-state index in [-0.39, 0.29) is 11.9 Å². The maximum atomic E-state index is 11.5. The smallest absolute Gasteiger partial charge is 0.410 e. The minimum atomic E-state index is -0.769. The Morgan fingerprint density at radius 2 is 1.48 bits per heavy atom. The third-order valence-electron chi connectivity index (χ3n) is 3.60. The lowest BCUT2D eigenvalue weighted by Crippen LogP contribution is -2.41. The van der Waals surface area contributed by atoms with Gasteiger partial charge in [-0.1, -0.05) is 0 Å². The molecular weight excluding hydrogens is 300 g/mol. The second kappa shape index (κ2) is 8.74. The van der Waals surface area contributed by atoms with E-state index in [1.807, 2.05) is 20.8 Å². The van der Waals surface area contributed by atoms with Crippen LogP contribution in [0.2, 0.25) is 0 Å². The molecule has 0 spiro atoms.